The summed E-state index contributed by atoms with van der Waals surface area (Å²) in [6.07, 6.45) is 26.3. The van der Waals surface area contributed by atoms with E-state index in [1.54, 1.807) is 0 Å². The lowest BCUT2D eigenvalue weighted by atomic mass is 10.0. The summed E-state index contributed by atoms with van der Waals surface area (Å²) < 4.78 is 4.94. The zero-order chi connectivity index (χ0) is 19.8. The summed E-state index contributed by atoms with van der Waals surface area (Å²) in [6, 6.07) is 0. The molecule has 2 nitrogen and oxygen atoms in total. The topological polar surface area (TPSA) is 26.3 Å². The summed E-state index contributed by atoms with van der Waals surface area (Å²) in [6.45, 7) is 2.38. The van der Waals surface area contributed by atoms with Gasteiger partial charge >= 0.3 is 5.97 Å². The summed E-state index contributed by atoms with van der Waals surface area (Å²) >= 11 is 5.69. The highest BCUT2D eigenvalue weighted by Gasteiger charge is 2.00. The van der Waals surface area contributed by atoms with Crippen LogP contribution in [0, 0.1) is 0 Å². The number of halogens is 1. The van der Waals surface area contributed by atoms with E-state index in [0.717, 1.165) is 12.3 Å². The van der Waals surface area contributed by atoms with E-state index in [1.165, 1.54) is 116 Å². The minimum Gasteiger partial charge on any atom is -0.466 e. The van der Waals surface area contributed by atoms with E-state index in [9.17, 15) is 4.79 Å². The van der Waals surface area contributed by atoms with Gasteiger partial charge in [0.2, 0.25) is 0 Å². The van der Waals surface area contributed by atoms with E-state index < -0.39 is 0 Å². The molecule has 0 spiro atoms. The van der Waals surface area contributed by atoms with Crippen molar-refractivity contribution in [1.29, 1.82) is 0 Å². The maximum Gasteiger partial charge on any atom is 0.305 e. The van der Waals surface area contributed by atoms with Crippen LogP contribution in [0.25, 0.3) is 0 Å². The van der Waals surface area contributed by atoms with Crippen molar-refractivity contribution >= 4 is 17.6 Å². The lowest BCUT2D eigenvalue weighted by molar-refractivity contribution is -0.143. The third-order valence-electron chi connectivity index (χ3n) is 5.32. The number of unbranched alkanes of at least 4 members (excludes halogenated alkanes) is 18. The summed E-state index contributed by atoms with van der Waals surface area (Å²) in [5.41, 5.74) is 0. The Hall–Kier alpha value is -0.240. The van der Waals surface area contributed by atoms with Crippen LogP contribution in [0.1, 0.15) is 135 Å². The van der Waals surface area contributed by atoms with Crippen LogP contribution < -0.4 is 0 Å². The zero-order valence-corrected chi connectivity index (χ0v) is 19.0. The van der Waals surface area contributed by atoms with Crippen LogP contribution in [0.15, 0.2) is 0 Å². The maximum absolute atomic E-state index is 11.2. The van der Waals surface area contributed by atoms with E-state index in [4.69, 9.17) is 16.3 Å². The average Bonchev–Trinajstić information content (AvgIpc) is 2.66. The SMILES string of the molecule is CCOC(=O)CCCCCCCCCCCCCCCCCCCCCCl. The second-order valence-electron chi connectivity index (χ2n) is 7.96. The van der Waals surface area contributed by atoms with Crippen molar-refractivity contribution < 1.29 is 9.53 Å². The van der Waals surface area contributed by atoms with Crippen LogP contribution in [0.3, 0.4) is 0 Å². The van der Waals surface area contributed by atoms with Crippen LogP contribution >= 0.6 is 11.6 Å². The zero-order valence-electron chi connectivity index (χ0n) is 18.3. The largest absolute Gasteiger partial charge is 0.466 e. The van der Waals surface area contributed by atoms with E-state index in [2.05, 4.69) is 0 Å². The first kappa shape index (κ1) is 26.8. The van der Waals surface area contributed by atoms with Crippen molar-refractivity contribution in [3.63, 3.8) is 0 Å². The third-order valence-corrected chi connectivity index (χ3v) is 5.59. The molecule has 0 amide bonds. The molecule has 0 aromatic carbocycles. The van der Waals surface area contributed by atoms with Crippen LogP contribution in [-0.4, -0.2) is 18.5 Å². The van der Waals surface area contributed by atoms with Crippen molar-refractivity contribution in [2.24, 2.45) is 0 Å². The molecular formula is C24H47ClO2. The van der Waals surface area contributed by atoms with Crippen molar-refractivity contribution in [3.05, 3.63) is 0 Å². The lowest BCUT2D eigenvalue weighted by Gasteiger charge is -2.04. The van der Waals surface area contributed by atoms with Crippen LogP contribution in [0.4, 0.5) is 0 Å². The van der Waals surface area contributed by atoms with Gasteiger partial charge in [-0.25, -0.2) is 0 Å². The van der Waals surface area contributed by atoms with E-state index >= 15 is 0 Å². The second-order valence-corrected chi connectivity index (χ2v) is 8.34. The average molecular weight is 403 g/mol. The molecule has 0 aliphatic heterocycles. The van der Waals surface area contributed by atoms with Gasteiger partial charge in [-0.15, -0.1) is 11.6 Å². The molecule has 0 fully saturated rings. The molecule has 0 aliphatic carbocycles. The van der Waals surface area contributed by atoms with Crippen LogP contribution in [0.2, 0.25) is 0 Å². The lowest BCUT2D eigenvalue weighted by Crippen LogP contribution is -2.03. The molecule has 0 aliphatic rings. The standard InChI is InChI=1S/C24H47ClO2/c1-2-27-24(26)22-20-18-16-14-12-10-8-6-4-3-5-7-9-11-13-15-17-19-21-23-25/h2-23H2,1H3. The summed E-state index contributed by atoms with van der Waals surface area (Å²) in [4.78, 5) is 11.2. The molecule has 0 aromatic rings. The Bertz CT molecular complexity index is 294. The van der Waals surface area contributed by atoms with Crippen LogP contribution in [0.5, 0.6) is 0 Å². The molecule has 0 saturated heterocycles. The minimum atomic E-state index is -0.0319. The predicted molar refractivity (Wildman–Crippen MR) is 120 cm³/mol. The van der Waals surface area contributed by atoms with Gasteiger partial charge < -0.3 is 4.74 Å². The van der Waals surface area contributed by atoms with Crippen molar-refractivity contribution in [3.8, 4) is 0 Å². The van der Waals surface area contributed by atoms with Crippen molar-refractivity contribution in [1.82, 2.24) is 0 Å². The number of carbonyl (C=O) groups is 1. The predicted octanol–water partition coefficient (Wildman–Crippen LogP) is 8.59. The number of hydrogen-bond acceptors (Lipinski definition) is 2. The number of carbonyl (C=O) groups excluding carboxylic acids is 1. The second kappa shape index (κ2) is 23.8. The molecule has 0 aromatic heterocycles. The summed E-state index contributed by atoms with van der Waals surface area (Å²) in [7, 11) is 0. The van der Waals surface area contributed by atoms with Gasteiger partial charge in [-0.05, 0) is 19.8 Å². The Balaban J connectivity index is 3.02. The molecule has 0 atom stereocenters. The van der Waals surface area contributed by atoms with Gasteiger partial charge in [-0.3, -0.25) is 4.79 Å². The molecular weight excluding hydrogens is 356 g/mol. The Morgan fingerprint density at radius 3 is 1.15 bits per heavy atom. The van der Waals surface area contributed by atoms with E-state index in [1.807, 2.05) is 6.92 Å². The fourth-order valence-corrected chi connectivity index (χ4v) is 3.79. The van der Waals surface area contributed by atoms with Crippen molar-refractivity contribution in [2.75, 3.05) is 12.5 Å². The fraction of sp³-hybridized carbons (Fsp3) is 0.958. The van der Waals surface area contributed by atoms with E-state index in [-0.39, 0.29) is 5.97 Å². The number of esters is 1. The molecule has 0 heterocycles. The molecule has 27 heavy (non-hydrogen) atoms. The highest BCUT2D eigenvalue weighted by Crippen LogP contribution is 2.15. The highest BCUT2D eigenvalue weighted by molar-refractivity contribution is 6.17. The molecule has 162 valence electrons. The first-order chi connectivity index (χ1) is 13.3. The van der Waals surface area contributed by atoms with Crippen LogP contribution in [-0.2, 0) is 9.53 Å². The molecule has 0 saturated carbocycles. The molecule has 0 radical (unpaired) electrons. The third kappa shape index (κ3) is 23.7. The Morgan fingerprint density at radius 1 is 0.556 bits per heavy atom. The number of rotatable bonds is 22. The molecule has 0 rings (SSSR count). The van der Waals surface area contributed by atoms with Gasteiger partial charge in [0, 0.05) is 12.3 Å². The van der Waals surface area contributed by atoms with Gasteiger partial charge in [-0.2, -0.15) is 0 Å². The first-order valence-corrected chi connectivity index (χ1v) is 12.6. The van der Waals surface area contributed by atoms with Gasteiger partial charge in [0.25, 0.3) is 0 Å². The maximum atomic E-state index is 11.2. The monoisotopic (exact) mass is 402 g/mol. The number of alkyl halides is 1. The highest BCUT2D eigenvalue weighted by atomic mass is 35.5. The summed E-state index contributed by atoms with van der Waals surface area (Å²) in [5, 5.41) is 0. The minimum absolute atomic E-state index is 0.0319. The Kier molecular flexibility index (Phi) is 23.6. The normalized spacial score (nSPS) is 11.0. The quantitative estimate of drug-likeness (QED) is 0.103. The molecule has 0 unspecified atom stereocenters. The number of ether oxygens (including phenoxy) is 1. The van der Waals surface area contributed by atoms with E-state index in [0.29, 0.717) is 13.0 Å². The molecule has 3 heteroatoms. The molecule has 0 N–H and O–H groups in total. The first-order valence-electron chi connectivity index (χ1n) is 12.0. The van der Waals surface area contributed by atoms with Gasteiger partial charge in [0.05, 0.1) is 6.61 Å². The summed E-state index contributed by atoms with van der Waals surface area (Å²) in [5.74, 6) is 0.800. The Morgan fingerprint density at radius 2 is 0.852 bits per heavy atom. The number of hydrogen-bond donors (Lipinski definition) is 0. The molecule has 0 bridgehead atoms. The Labute approximate surface area is 175 Å². The fourth-order valence-electron chi connectivity index (χ4n) is 3.60. The van der Waals surface area contributed by atoms with Gasteiger partial charge in [0.15, 0.2) is 0 Å². The van der Waals surface area contributed by atoms with Crippen molar-refractivity contribution in [2.45, 2.75) is 135 Å². The smallest absolute Gasteiger partial charge is 0.305 e. The van der Waals surface area contributed by atoms with Gasteiger partial charge in [0.1, 0.15) is 0 Å². The van der Waals surface area contributed by atoms with Gasteiger partial charge in [-0.1, -0.05) is 109 Å².